The molecule has 0 amide bonds. The number of fused-ring (bicyclic) bond motifs is 1. The van der Waals surface area contributed by atoms with Crippen LogP contribution in [0.25, 0.3) is 0 Å². The molecule has 2 spiro atoms. The molecule has 0 radical (unpaired) electrons. The minimum absolute atomic E-state index is 0.00752. The Hall–Kier alpha value is -0.640. The number of piperidine rings is 1. The first-order chi connectivity index (χ1) is 16.7. The lowest BCUT2D eigenvalue weighted by molar-refractivity contribution is -0.197. The molecule has 35 heavy (non-hydrogen) atoms. The summed E-state index contributed by atoms with van der Waals surface area (Å²) in [5, 5.41) is 0. The zero-order valence-electron chi connectivity index (χ0n) is 23.6. The lowest BCUT2D eigenvalue weighted by Gasteiger charge is -2.58. The summed E-state index contributed by atoms with van der Waals surface area (Å²) in [6.07, 6.45) is 21.1. The normalized spacial score (nSPS) is 50.0. The molecule has 3 aliphatic carbocycles. The molecule has 3 aliphatic heterocycles. The van der Waals surface area contributed by atoms with Crippen LogP contribution in [0.4, 0.5) is 0 Å². The molecule has 0 aromatic rings. The van der Waals surface area contributed by atoms with Crippen LogP contribution in [0.5, 0.6) is 0 Å². The molecule has 2 bridgehead atoms. The molecule has 0 aromatic carbocycles. The zero-order valence-corrected chi connectivity index (χ0v) is 23.6. The second-order valence-electron chi connectivity index (χ2n) is 14.5. The number of hydrogen-bond acceptors (Lipinski definition) is 3. The van der Waals surface area contributed by atoms with E-state index in [1.165, 1.54) is 76.5 Å². The Morgan fingerprint density at radius 1 is 1.14 bits per heavy atom. The fourth-order valence-electron chi connectivity index (χ4n) is 10.4. The van der Waals surface area contributed by atoms with Crippen molar-refractivity contribution in [3.63, 3.8) is 0 Å². The summed E-state index contributed by atoms with van der Waals surface area (Å²) >= 11 is 0. The third-order valence-electron chi connectivity index (χ3n) is 12.5. The van der Waals surface area contributed by atoms with E-state index in [4.69, 9.17) is 4.74 Å². The van der Waals surface area contributed by atoms with Gasteiger partial charge in [0.1, 0.15) is 0 Å². The van der Waals surface area contributed by atoms with Crippen molar-refractivity contribution in [2.45, 2.75) is 102 Å². The summed E-state index contributed by atoms with van der Waals surface area (Å²) in [7, 11) is 6.75. The van der Waals surface area contributed by atoms with Crippen LogP contribution in [0.1, 0.15) is 85.0 Å². The molecule has 0 aromatic heterocycles. The van der Waals surface area contributed by atoms with Crippen molar-refractivity contribution in [1.29, 1.82) is 0 Å². The van der Waals surface area contributed by atoms with Crippen molar-refractivity contribution in [1.82, 2.24) is 9.80 Å². The van der Waals surface area contributed by atoms with E-state index >= 15 is 0 Å². The van der Waals surface area contributed by atoms with Gasteiger partial charge in [-0.3, -0.25) is 0 Å². The van der Waals surface area contributed by atoms with E-state index in [-0.39, 0.29) is 11.2 Å². The van der Waals surface area contributed by atoms with Crippen molar-refractivity contribution < 1.29 is 4.74 Å². The molecule has 6 aliphatic rings. The Bertz CT molecular complexity index is 879. The minimum atomic E-state index is -0.00752. The van der Waals surface area contributed by atoms with E-state index in [0.717, 1.165) is 36.0 Å². The number of ether oxygens (including phenoxy) is 1. The zero-order chi connectivity index (χ0) is 24.6. The largest absolute Gasteiger partial charge is 0.363 e. The van der Waals surface area contributed by atoms with Crippen LogP contribution in [0.3, 0.4) is 0 Å². The van der Waals surface area contributed by atoms with Crippen molar-refractivity contribution >= 4 is 0 Å². The molecule has 4 fully saturated rings. The molecule has 3 heterocycles. The quantitative estimate of drug-likeness (QED) is 0.444. The SMILES string of the molecule is CC1CN(C)CCC1CC[C@@H](C)[C@H]1CC[C@@H]2[C@]1(C)CCC1C=C3C=C[C@@H](N(C)C)C[C@]34CC[C@@]12O4. The van der Waals surface area contributed by atoms with E-state index < -0.39 is 0 Å². The van der Waals surface area contributed by atoms with Crippen LogP contribution in [0.15, 0.2) is 23.8 Å². The monoisotopic (exact) mass is 480 g/mol. The Morgan fingerprint density at radius 2 is 1.97 bits per heavy atom. The topological polar surface area (TPSA) is 15.7 Å². The van der Waals surface area contributed by atoms with Crippen molar-refractivity contribution in [2.24, 2.45) is 40.9 Å². The van der Waals surface area contributed by atoms with Crippen molar-refractivity contribution in [3.05, 3.63) is 23.8 Å². The maximum atomic E-state index is 7.50. The first-order valence-corrected chi connectivity index (χ1v) is 15.1. The molecular formula is C32H52N2O. The molecule has 196 valence electrons. The first kappa shape index (κ1) is 24.7. The molecule has 10 atom stereocenters. The van der Waals surface area contributed by atoms with Gasteiger partial charge in [-0.1, -0.05) is 45.4 Å². The average Bonchev–Trinajstić information content (AvgIpc) is 3.33. The van der Waals surface area contributed by atoms with E-state index in [1.807, 2.05) is 0 Å². The number of nitrogens with zero attached hydrogens (tertiary/aromatic N) is 2. The summed E-state index contributed by atoms with van der Waals surface area (Å²) in [6.45, 7) is 10.4. The Balaban J connectivity index is 1.19. The Morgan fingerprint density at radius 3 is 2.74 bits per heavy atom. The predicted molar refractivity (Wildman–Crippen MR) is 145 cm³/mol. The van der Waals surface area contributed by atoms with Gasteiger partial charge in [-0.05, 0) is 126 Å². The van der Waals surface area contributed by atoms with Gasteiger partial charge in [0.25, 0.3) is 0 Å². The predicted octanol–water partition coefficient (Wildman–Crippen LogP) is 6.55. The van der Waals surface area contributed by atoms with Gasteiger partial charge in [0.15, 0.2) is 0 Å². The standard InChI is InChI=1S/C32H52N2O/c1-22(7-8-24-14-18-34(6)21-23(24)2)28-11-12-29-30(28,3)15-13-26-19-25-9-10-27(33(4)5)20-31(25)16-17-32(26,29)35-31/h9-10,19,22-24,26-29H,7-8,11-18,20-21H2,1-6H3/t22-,23?,24?,26?,27-,28-,29-,30-,31-,32-/m1/s1. The summed E-state index contributed by atoms with van der Waals surface area (Å²) < 4.78 is 7.50. The van der Waals surface area contributed by atoms with E-state index in [2.05, 4.69) is 69.9 Å². The third-order valence-corrected chi connectivity index (χ3v) is 12.5. The van der Waals surface area contributed by atoms with E-state index in [0.29, 0.717) is 17.4 Å². The molecule has 3 unspecified atom stereocenters. The second-order valence-corrected chi connectivity index (χ2v) is 14.5. The van der Waals surface area contributed by atoms with E-state index in [1.54, 1.807) is 0 Å². The number of rotatable bonds is 5. The van der Waals surface area contributed by atoms with Crippen LogP contribution in [0, 0.1) is 40.9 Å². The van der Waals surface area contributed by atoms with Gasteiger partial charge >= 0.3 is 0 Å². The van der Waals surface area contributed by atoms with Gasteiger partial charge in [0.2, 0.25) is 0 Å². The second kappa shape index (κ2) is 8.70. The molecule has 6 rings (SSSR count). The highest BCUT2D eigenvalue weighted by Gasteiger charge is 2.68. The van der Waals surface area contributed by atoms with Gasteiger partial charge in [0, 0.05) is 18.5 Å². The van der Waals surface area contributed by atoms with Crippen LogP contribution in [-0.2, 0) is 4.74 Å². The number of likely N-dealkylation sites (N-methyl/N-ethyl adjacent to an activating group) is 1. The molecule has 2 saturated carbocycles. The molecule has 2 saturated heterocycles. The van der Waals surface area contributed by atoms with Crippen molar-refractivity contribution in [2.75, 3.05) is 34.2 Å². The van der Waals surface area contributed by atoms with Crippen LogP contribution < -0.4 is 0 Å². The van der Waals surface area contributed by atoms with E-state index in [9.17, 15) is 0 Å². The fraction of sp³-hybridized carbons (Fsp3) is 0.875. The maximum Gasteiger partial charge on any atom is 0.0955 e. The fourth-order valence-corrected chi connectivity index (χ4v) is 10.4. The summed E-state index contributed by atoms with van der Waals surface area (Å²) in [6, 6.07) is 0.507. The first-order valence-electron chi connectivity index (χ1n) is 15.1. The lowest BCUT2D eigenvalue weighted by Crippen LogP contribution is -2.58. The number of hydrogen-bond donors (Lipinski definition) is 0. The smallest absolute Gasteiger partial charge is 0.0955 e. The average molecular weight is 481 g/mol. The van der Waals surface area contributed by atoms with Crippen LogP contribution >= 0.6 is 0 Å². The number of likely N-dealkylation sites (tertiary alicyclic amines) is 1. The molecular weight excluding hydrogens is 428 g/mol. The van der Waals surface area contributed by atoms with Gasteiger partial charge in [-0.2, -0.15) is 0 Å². The highest BCUT2D eigenvalue weighted by atomic mass is 16.5. The summed E-state index contributed by atoms with van der Waals surface area (Å²) in [4.78, 5) is 4.91. The highest BCUT2D eigenvalue weighted by molar-refractivity contribution is 5.41. The molecule has 3 heteroatoms. The lowest BCUT2D eigenvalue weighted by atomic mass is 9.53. The Kier molecular flexibility index (Phi) is 6.14. The van der Waals surface area contributed by atoms with Crippen LogP contribution in [-0.4, -0.2) is 61.3 Å². The van der Waals surface area contributed by atoms with Crippen molar-refractivity contribution in [3.8, 4) is 0 Å². The van der Waals surface area contributed by atoms with Gasteiger partial charge in [-0.25, -0.2) is 0 Å². The highest BCUT2D eigenvalue weighted by Crippen LogP contribution is 2.69. The maximum absolute atomic E-state index is 7.50. The minimum Gasteiger partial charge on any atom is -0.363 e. The summed E-state index contributed by atoms with van der Waals surface area (Å²) in [5.41, 5.74) is 2.10. The van der Waals surface area contributed by atoms with Crippen LogP contribution in [0.2, 0.25) is 0 Å². The molecule has 3 nitrogen and oxygen atoms in total. The van der Waals surface area contributed by atoms with Gasteiger partial charge < -0.3 is 14.5 Å². The Labute approximate surface area is 215 Å². The summed E-state index contributed by atoms with van der Waals surface area (Å²) in [5.74, 6) is 4.94. The van der Waals surface area contributed by atoms with Gasteiger partial charge in [0.05, 0.1) is 11.2 Å². The van der Waals surface area contributed by atoms with Gasteiger partial charge in [-0.15, -0.1) is 0 Å². The third kappa shape index (κ3) is 3.76. The molecule has 0 N–H and O–H groups in total.